The molecule has 0 amide bonds. The van der Waals surface area contributed by atoms with Gasteiger partial charge < -0.3 is 5.32 Å². The van der Waals surface area contributed by atoms with Crippen LogP contribution < -0.4 is 5.32 Å². The fraction of sp³-hybridized carbons (Fsp3) is 0.600. The first kappa shape index (κ1) is 15.8. The summed E-state index contributed by atoms with van der Waals surface area (Å²) in [5, 5.41) is 5.04. The van der Waals surface area contributed by atoms with E-state index in [2.05, 4.69) is 39.9 Å². The molecule has 1 aromatic carbocycles. The van der Waals surface area contributed by atoms with Crippen LogP contribution in [0.4, 0.5) is 0 Å². The van der Waals surface area contributed by atoms with Crippen molar-refractivity contribution in [3.63, 3.8) is 0 Å². The average Bonchev–Trinajstić information content (AvgIpc) is 2.19. The highest BCUT2D eigenvalue weighted by Gasteiger charge is 2.24. The summed E-state index contributed by atoms with van der Waals surface area (Å²) in [5.74, 6) is 0. The van der Waals surface area contributed by atoms with Gasteiger partial charge in [0.25, 0.3) is 0 Å². The average molecular weight is 288 g/mol. The monoisotopic (exact) mass is 287 g/mol. The first-order valence-electron chi connectivity index (χ1n) is 6.32. The molecule has 0 saturated heterocycles. The van der Waals surface area contributed by atoms with Gasteiger partial charge in [0.2, 0.25) is 0 Å². The normalized spacial score (nSPS) is 12.8. The van der Waals surface area contributed by atoms with Crippen LogP contribution in [0.5, 0.6) is 0 Å². The molecule has 0 aliphatic carbocycles. The van der Waals surface area contributed by atoms with E-state index in [1.165, 1.54) is 0 Å². The van der Waals surface area contributed by atoms with E-state index in [4.69, 9.17) is 23.2 Å². The Hall–Kier alpha value is -0.240. The lowest BCUT2D eigenvalue weighted by Gasteiger charge is -2.29. The molecule has 1 aromatic rings. The van der Waals surface area contributed by atoms with Crippen molar-refractivity contribution in [2.45, 2.75) is 52.0 Å². The van der Waals surface area contributed by atoms with Gasteiger partial charge in [-0.2, -0.15) is 0 Å². The summed E-state index contributed by atoms with van der Waals surface area (Å²) in [4.78, 5) is 0. The van der Waals surface area contributed by atoms with E-state index in [1.807, 2.05) is 18.2 Å². The molecule has 0 unspecified atom stereocenters. The molecule has 3 heteroatoms. The number of rotatable bonds is 4. The molecular formula is C15H23Cl2N. The number of hydrogen-bond acceptors (Lipinski definition) is 1. The summed E-state index contributed by atoms with van der Waals surface area (Å²) in [6, 6.07) is 5.68. The lowest BCUT2D eigenvalue weighted by Crippen LogP contribution is -2.38. The maximum atomic E-state index is 6.27. The molecule has 0 aliphatic heterocycles. The lowest BCUT2D eigenvalue weighted by molar-refractivity contribution is 0.379. The van der Waals surface area contributed by atoms with Gasteiger partial charge in [0.15, 0.2) is 0 Å². The smallest absolute Gasteiger partial charge is 0.0444 e. The Balaban J connectivity index is 2.76. The van der Waals surface area contributed by atoms with Crippen molar-refractivity contribution in [1.82, 2.24) is 5.32 Å². The second-order valence-electron chi connectivity index (χ2n) is 6.43. The highest BCUT2D eigenvalue weighted by molar-refractivity contribution is 6.33. The minimum Gasteiger partial charge on any atom is -0.312 e. The van der Waals surface area contributed by atoms with E-state index in [0.29, 0.717) is 0 Å². The minimum absolute atomic E-state index is 0.0141. The molecule has 0 bridgehead atoms. The highest BCUT2D eigenvalue weighted by Crippen LogP contribution is 2.34. The fourth-order valence-corrected chi connectivity index (χ4v) is 2.45. The first-order valence-corrected chi connectivity index (χ1v) is 7.08. The largest absolute Gasteiger partial charge is 0.312 e. The van der Waals surface area contributed by atoms with E-state index in [1.54, 1.807) is 0 Å². The maximum absolute atomic E-state index is 6.27. The lowest BCUT2D eigenvalue weighted by atomic mass is 9.81. The summed E-state index contributed by atoms with van der Waals surface area (Å²) in [7, 11) is 0. The summed E-state index contributed by atoms with van der Waals surface area (Å²) < 4.78 is 0. The minimum atomic E-state index is 0.0141. The van der Waals surface area contributed by atoms with E-state index in [-0.39, 0.29) is 11.0 Å². The van der Waals surface area contributed by atoms with Crippen LogP contribution >= 0.6 is 23.2 Å². The van der Waals surface area contributed by atoms with Crippen LogP contribution in [0.15, 0.2) is 18.2 Å². The molecule has 0 aliphatic rings. The van der Waals surface area contributed by atoms with Crippen LogP contribution in [0.3, 0.4) is 0 Å². The summed E-state index contributed by atoms with van der Waals surface area (Å²) in [6.07, 6.45) is 1.02. The molecule has 0 radical (unpaired) electrons. The molecule has 102 valence electrons. The quantitative estimate of drug-likeness (QED) is 0.817. The molecule has 0 atom stereocenters. The van der Waals surface area contributed by atoms with Crippen molar-refractivity contribution >= 4 is 23.2 Å². The van der Waals surface area contributed by atoms with Gasteiger partial charge in [-0.25, -0.2) is 0 Å². The predicted molar refractivity (Wildman–Crippen MR) is 81.9 cm³/mol. The molecule has 0 fully saturated rings. The van der Waals surface area contributed by atoms with E-state index in [9.17, 15) is 0 Å². The van der Waals surface area contributed by atoms with Gasteiger partial charge in [0.1, 0.15) is 0 Å². The molecule has 1 nitrogen and oxygen atoms in total. The number of halogens is 2. The molecule has 1 rings (SSSR count). The number of hydrogen-bond donors (Lipinski definition) is 1. The Kier molecular flexibility index (Phi) is 5.11. The summed E-state index contributed by atoms with van der Waals surface area (Å²) in [5.41, 5.74) is 1.28. The zero-order valence-corrected chi connectivity index (χ0v) is 13.4. The van der Waals surface area contributed by atoms with Crippen molar-refractivity contribution in [3.8, 4) is 0 Å². The molecular weight excluding hydrogens is 265 g/mol. The summed E-state index contributed by atoms with van der Waals surface area (Å²) >= 11 is 12.3. The first-order chi connectivity index (χ1) is 8.12. The van der Waals surface area contributed by atoms with E-state index in [0.717, 1.165) is 28.6 Å². The number of nitrogens with one attached hydrogen (secondary N) is 1. The Morgan fingerprint density at radius 1 is 1.06 bits per heavy atom. The standard InChI is InChI=1S/C15H23Cl2N/c1-14(2,3)18-9-8-15(4,5)12-10-11(16)6-7-13(12)17/h6-7,10,18H,8-9H2,1-5H3. The highest BCUT2D eigenvalue weighted by atomic mass is 35.5. The van der Waals surface area contributed by atoms with E-state index < -0.39 is 0 Å². The van der Waals surface area contributed by atoms with Gasteiger partial charge in [0.05, 0.1) is 0 Å². The molecule has 0 spiro atoms. The van der Waals surface area contributed by atoms with Crippen molar-refractivity contribution < 1.29 is 0 Å². The topological polar surface area (TPSA) is 12.0 Å². The van der Waals surface area contributed by atoms with Gasteiger partial charge in [0, 0.05) is 15.6 Å². The molecule has 1 N–H and O–H groups in total. The molecule has 18 heavy (non-hydrogen) atoms. The van der Waals surface area contributed by atoms with Crippen LogP contribution in [-0.4, -0.2) is 12.1 Å². The van der Waals surface area contributed by atoms with E-state index >= 15 is 0 Å². The van der Waals surface area contributed by atoms with Crippen molar-refractivity contribution in [3.05, 3.63) is 33.8 Å². The van der Waals surface area contributed by atoms with Crippen molar-refractivity contribution in [1.29, 1.82) is 0 Å². The third-order valence-electron chi connectivity index (χ3n) is 3.06. The van der Waals surface area contributed by atoms with Gasteiger partial charge in [-0.3, -0.25) is 0 Å². The third kappa shape index (κ3) is 4.79. The second kappa shape index (κ2) is 5.81. The van der Waals surface area contributed by atoms with Crippen LogP contribution in [-0.2, 0) is 5.41 Å². The fourth-order valence-electron chi connectivity index (χ4n) is 1.90. The molecule has 0 saturated carbocycles. The van der Waals surface area contributed by atoms with Crippen LogP contribution in [0.2, 0.25) is 10.0 Å². The zero-order chi connectivity index (χ0) is 14.0. The SMILES string of the molecule is CC(C)(C)NCCC(C)(C)c1cc(Cl)ccc1Cl. The Labute approximate surface area is 121 Å². The van der Waals surface area contributed by atoms with Gasteiger partial charge in [-0.15, -0.1) is 0 Å². The van der Waals surface area contributed by atoms with Crippen LogP contribution in [0.1, 0.15) is 46.6 Å². The van der Waals surface area contributed by atoms with Crippen LogP contribution in [0, 0.1) is 0 Å². The van der Waals surface area contributed by atoms with Crippen LogP contribution in [0.25, 0.3) is 0 Å². The molecule has 0 heterocycles. The second-order valence-corrected chi connectivity index (χ2v) is 7.28. The Morgan fingerprint density at radius 3 is 2.22 bits per heavy atom. The maximum Gasteiger partial charge on any atom is 0.0444 e. The summed E-state index contributed by atoms with van der Waals surface area (Å²) in [6.45, 7) is 11.9. The van der Waals surface area contributed by atoms with Gasteiger partial charge >= 0.3 is 0 Å². The van der Waals surface area contributed by atoms with Crippen molar-refractivity contribution in [2.75, 3.05) is 6.54 Å². The van der Waals surface area contributed by atoms with Gasteiger partial charge in [-0.1, -0.05) is 37.0 Å². The van der Waals surface area contributed by atoms with Crippen molar-refractivity contribution in [2.24, 2.45) is 0 Å². The predicted octanol–water partition coefficient (Wildman–Crippen LogP) is 5.05. The zero-order valence-electron chi connectivity index (χ0n) is 11.9. The Bertz CT molecular complexity index is 405. The van der Waals surface area contributed by atoms with Gasteiger partial charge in [-0.05, 0) is 62.9 Å². The third-order valence-corrected chi connectivity index (χ3v) is 3.63. The number of benzene rings is 1. The Morgan fingerprint density at radius 2 is 1.67 bits per heavy atom. The molecule has 0 aromatic heterocycles.